The summed E-state index contributed by atoms with van der Waals surface area (Å²) >= 11 is 6.15. The summed E-state index contributed by atoms with van der Waals surface area (Å²) in [4.78, 5) is 21.2. The standard InChI is InChI=1S/C26H24ClN5O2/c1-18-6-8-20(9-7-18)25-29-24(30-34-25)19-10-12-21(13-11-19)31-14-16-32(17-15-31)26(33)28-23-5-3-2-4-22(23)27/h2-13H,14-17H2,1H3,(H,28,33). The highest BCUT2D eigenvalue weighted by atomic mass is 35.5. The van der Waals surface area contributed by atoms with Crippen LogP contribution in [0.25, 0.3) is 22.8 Å². The normalized spacial score (nSPS) is 13.7. The van der Waals surface area contributed by atoms with Crippen molar-refractivity contribution in [1.29, 1.82) is 0 Å². The first-order valence-electron chi connectivity index (χ1n) is 11.1. The van der Waals surface area contributed by atoms with Crippen LogP contribution in [0.15, 0.2) is 77.3 Å². The number of carbonyl (C=O) groups is 1. The first-order chi connectivity index (χ1) is 16.6. The molecule has 172 valence electrons. The van der Waals surface area contributed by atoms with E-state index >= 15 is 0 Å². The van der Waals surface area contributed by atoms with Crippen molar-refractivity contribution in [3.05, 3.63) is 83.4 Å². The molecule has 1 aliphatic rings. The number of amides is 2. The Balaban J connectivity index is 1.19. The predicted octanol–water partition coefficient (Wildman–Crippen LogP) is 5.72. The molecule has 0 aliphatic carbocycles. The fourth-order valence-corrected chi connectivity index (χ4v) is 4.08. The Kier molecular flexibility index (Phi) is 6.18. The third-order valence-electron chi connectivity index (χ3n) is 5.90. The van der Waals surface area contributed by atoms with Crippen molar-refractivity contribution < 1.29 is 9.32 Å². The van der Waals surface area contributed by atoms with Crippen molar-refractivity contribution in [2.75, 3.05) is 36.4 Å². The Bertz CT molecular complexity index is 1280. The van der Waals surface area contributed by atoms with Crippen LogP contribution >= 0.6 is 11.6 Å². The van der Waals surface area contributed by atoms with Crippen LogP contribution in [-0.4, -0.2) is 47.3 Å². The minimum Gasteiger partial charge on any atom is -0.368 e. The number of benzene rings is 3. The summed E-state index contributed by atoms with van der Waals surface area (Å²) in [7, 11) is 0. The van der Waals surface area contributed by atoms with E-state index in [0.717, 1.165) is 29.9 Å². The molecule has 4 aromatic rings. The second kappa shape index (κ2) is 9.57. The van der Waals surface area contributed by atoms with E-state index in [1.54, 1.807) is 17.0 Å². The Morgan fingerprint density at radius 1 is 0.912 bits per heavy atom. The van der Waals surface area contributed by atoms with Gasteiger partial charge in [0.2, 0.25) is 5.82 Å². The van der Waals surface area contributed by atoms with Gasteiger partial charge in [-0.1, -0.05) is 46.6 Å². The number of rotatable bonds is 4. The second-order valence-corrected chi connectivity index (χ2v) is 8.63. The highest BCUT2D eigenvalue weighted by Gasteiger charge is 2.22. The molecule has 0 unspecified atom stereocenters. The van der Waals surface area contributed by atoms with Gasteiger partial charge in [-0.15, -0.1) is 0 Å². The maximum atomic E-state index is 12.6. The van der Waals surface area contributed by atoms with E-state index in [2.05, 4.69) is 32.5 Å². The lowest BCUT2D eigenvalue weighted by atomic mass is 10.1. The Hall–Kier alpha value is -3.84. The van der Waals surface area contributed by atoms with Crippen molar-refractivity contribution >= 4 is 29.0 Å². The summed E-state index contributed by atoms with van der Waals surface area (Å²) in [6.45, 7) is 4.79. The summed E-state index contributed by atoms with van der Waals surface area (Å²) in [6.07, 6.45) is 0. The number of halogens is 1. The Morgan fingerprint density at radius 3 is 2.29 bits per heavy atom. The first-order valence-corrected chi connectivity index (χ1v) is 11.5. The molecule has 1 N–H and O–H groups in total. The zero-order valence-corrected chi connectivity index (χ0v) is 19.5. The van der Waals surface area contributed by atoms with E-state index in [4.69, 9.17) is 16.1 Å². The number of aryl methyl sites for hydroxylation is 1. The molecule has 7 nitrogen and oxygen atoms in total. The second-order valence-electron chi connectivity index (χ2n) is 8.22. The Labute approximate surface area is 203 Å². The molecule has 0 atom stereocenters. The molecule has 0 bridgehead atoms. The summed E-state index contributed by atoms with van der Waals surface area (Å²) in [5.74, 6) is 1.06. The van der Waals surface area contributed by atoms with Crippen molar-refractivity contribution in [2.24, 2.45) is 0 Å². The number of para-hydroxylation sites is 1. The van der Waals surface area contributed by atoms with Crippen LogP contribution in [0.2, 0.25) is 5.02 Å². The Morgan fingerprint density at radius 2 is 1.59 bits per heavy atom. The minimum atomic E-state index is -0.135. The van der Waals surface area contributed by atoms with Crippen LogP contribution in [-0.2, 0) is 0 Å². The van der Waals surface area contributed by atoms with E-state index in [0.29, 0.717) is 35.5 Å². The van der Waals surface area contributed by atoms with E-state index in [1.807, 2.05) is 55.5 Å². The van der Waals surface area contributed by atoms with Crippen molar-refractivity contribution in [3.8, 4) is 22.8 Å². The zero-order chi connectivity index (χ0) is 23.5. The number of nitrogens with one attached hydrogen (secondary N) is 1. The molecule has 2 heterocycles. The van der Waals surface area contributed by atoms with Crippen molar-refractivity contribution in [2.45, 2.75) is 6.92 Å². The van der Waals surface area contributed by atoms with Gasteiger partial charge in [0.05, 0.1) is 10.7 Å². The van der Waals surface area contributed by atoms with E-state index in [-0.39, 0.29) is 6.03 Å². The molecule has 0 spiro atoms. The van der Waals surface area contributed by atoms with Crippen LogP contribution in [0.4, 0.5) is 16.2 Å². The summed E-state index contributed by atoms with van der Waals surface area (Å²) in [5, 5.41) is 7.56. The number of urea groups is 1. The molecule has 1 aromatic heterocycles. The van der Waals surface area contributed by atoms with Crippen LogP contribution in [0.3, 0.4) is 0 Å². The SMILES string of the molecule is Cc1ccc(-c2nc(-c3ccc(N4CCN(C(=O)Nc5ccccc5Cl)CC4)cc3)no2)cc1. The molecule has 34 heavy (non-hydrogen) atoms. The molecule has 0 radical (unpaired) electrons. The van der Waals surface area contributed by atoms with Gasteiger partial charge in [-0.2, -0.15) is 4.98 Å². The molecule has 1 saturated heterocycles. The number of anilines is 2. The third kappa shape index (κ3) is 4.75. The molecule has 5 rings (SSSR count). The summed E-state index contributed by atoms with van der Waals surface area (Å²) < 4.78 is 5.45. The smallest absolute Gasteiger partial charge is 0.322 e. The predicted molar refractivity (Wildman–Crippen MR) is 134 cm³/mol. The molecule has 1 aliphatic heterocycles. The molecule has 0 saturated carbocycles. The van der Waals surface area contributed by atoms with E-state index in [9.17, 15) is 4.79 Å². The molecule has 2 amide bonds. The van der Waals surface area contributed by atoms with Gasteiger partial charge in [0.1, 0.15) is 0 Å². The topological polar surface area (TPSA) is 74.5 Å². The van der Waals surface area contributed by atoms with Crippen LogP contribution < -0.4 is 10.2 Å². The van der Waals surface area contributed by atoms with Gasteiger partial charge in [0.15, 0.2) is 0 Å². The van der Waals surface area contributed by atoms with Crippen LogP contribution in [0.5, 0.6) is 0 Å². The highest BCUT2D eigenvalue weighted by molar-refractivity contribution is 6.33. The van der Waals surface area contributed by atoms with Gasteiger partial charge in [-0.25, -0.2) is 4.79 Å². The number of hydrogen-bond donors (Lipinski definition) is 1. The first kappa shape index (κ1) is 22.0. The highest BCUT2D eigenvalue weighted by Crippen LogP contribution is 2.26. The third-order valence-corrected chi connectivity index (χ3v) is 6.23. The van der Waals surface area contributed by atoms with Gasteiger partial charge >= 0.3 is 6.03 Å². The lowest BCUT2D eigenvalue weighted by Crippen LogP contribution is -2.50. The zero-order valence-electron chi connectivity index (χ0n) is 18.7. The quantitative estimate of drug-likeness (QED) is 0.410. The molecule has 3 aromatic carbocycles. The maximum absolute atomic E-state index is 12.6. The lowest BCUT2D eigenvalue weighted by molar-refractivity contribution is 0.208. The largest absolute Gasteiger partial charge is 0.368 e. The van der Waals surface area contributed by atoms with Gasteiger partial charge in [0, 0.05) is 43.0 Å². The summed E-state index contributed by atoms with van der Waals surface area (Å²) in [6, 6.07) is 23.2. The molecule has 8 heteroatoms. The monoisotopic (exact) mass is 473 g/mol. The maximum Gasteiger partial charge on any atom is 0.322 e. The molecule has 1 fully saturated rings. The number of piperazine rings is 1. The number of nitrogens with zero attached hydrogens (tertiary/aromatic N) is 4. The molecular formula is C26H24ClN5O2. The number of aromatic nitrogens is 2. The van der Waals surface area contributed by atoms with E-state index < -0.39 is 0 Å². The summed E-state index contributed by atoms with van der Waals surface area (Å²) in [5.41, 5.74) is 4.69. The average Bonchev–Trinajstić information content (AvgIpc) is 3.36. The van der Waals surface area contributed by atoms with Gasteiger partial charge in [-0.05, 0) is 55.5 Å². The van der Waals surface area contributed by atoms with Gasteiger partial charge in [-0.3, -0.25) is 0 Å². The average molecular weight is 474 g/mol. The fraction of sp³-hybridized carbons (Fsp3) is 0.192. The van der Waals surface area contributed by atoms with Crippen LogP contribution in [0, 0.1) is 6.92 Å². The van der Waals surface area contributed by atoms with E-state index in [1.165, 1.54) is 5.56 Å². The number of carbonyl (C=O) groups excluding carboxylic acids is 1. The lowest BCUT2D eigenvalue weighted by Gasteiger charge is -2.36. The van der Waals surface area contributed by atoms with Gasteiger partial charge in [0.25, 0.3) is 5.89 Å². The van der Waals surface area contributed by atoms with Crippen molar-refractivity contribution in [3.63, 3.8) is 0 Å². The van der Waals surface area contributed by atoms with Gasteiger partial charge < -0.3 is 19.6 Å². The fourth-order valence-electron chi connectivity index (χ4n) is 3.90. The van der Waals surface area contributed by atoms with Crippen LogP contribution in [0.1, 0.15) is 5.56 Å². The van der Waals surface area contributed by atoms with Crippen molar-refractivity contribution in [1.82, 2.24) is 15.0 Å². The molecular weight excluding hydrogens is 450 g/mol. The number of hydrogen-bond acceptors (Lipinski definition) is 5. The minimum absolute atomic E-state index is 0.135.